The molecule has 0 saturated heterocycles. The van der Waals surface area contributed by atoms with Gasteiger partial charge >= 0.3 is 0 Å². The Bertz CT molecular complexity index is 1380. The molecule has 5 rings (SSSR count). The summed E-state index contributed by atoms with van der Waals surface area (Å²) in [7, 11) is 0. The Kier molecular flexibility index (Phi) is 3.99. The molecular weight excluding hydrogens is 366 g/mol. The minimum Gasteiger partial charge on any atom is -0.507 e. The molecule has 5 aromatic rings. The van der Waals surface area contributed by atoms with Crippen LogP contribution in [0.3, 0.4) is 0 Å². The summed E-state index contributed by atoms with van der Waals surface area (Å²) in [6, 6.07) is 11.5. The zero-order valence-corrected chi connectivity index (χ0v) is 16.3. The maximum Gasteiger partial charge on any atom is 0.185 e. The molecule has 0 radical (unpaired) electrons. The SMILES string of the molecule is Cc1c(C)n(CCCO)c2ncn3nc(-c4cc5ccccc5cc4O)nc3c12. The second-order valence-electron chi connectivity index (χ2n) is 7.30. The third kappa shape index (κ3) is 2.66. The lowest BCUT2D eigenvalue weighted by Gasteiger charge is -2.05. The number of phenolic OH excluding ortho intramolecular Hbond substituents is 1. The van der Waals surface area contributed by atoms with Crippen molar-refractivity contribution in [3.05, 3.63) is 54.0 Å². The molecule has 0 atom stereocenters. The molecule has 2 aromatic carbocycles. The van der Waals surface area contributed by atoms with E-state index >= 15 is 0 Å². The number of benzene rings is 2. The average molecular weight is 387 g/mol. The molecule has 0 spiro atoms. The summed E-state index contributed by atoms with van der Waals surface area (Å²) >= 11 is 0. The van der Waals surface area contributed by atoms with Crippen molar-refractivity contribution in [2.75, 3.05) is 6.61 Å². The molecule has 0 amide bonds. The minimum absolute atomic E-state index is 0.136. The van der Waals surface area contributed by atoms with Gasteiger partial charge in [0.05, 0.1) is 10.9 Å². The van der Waals surface area contributed by atoms with E-state index in [0.717, 1.165) is 33.1 Å². The summed E-state index contributed by atoms with van der Waals surface area (Å²) in [5.74, 6) is 0.611. The molecular formula is C22H21N5O2. The molecule has 0 aliphatic heterocycles. The smallest absolute Gasteiger partial charge is 0.185 e. The number of phenols is 1. The lowest BCUT2D eigenvalue weighted by Crippen LogP contribution is -2.03. The predicted molar refractivity (Wildman–Crippen MR) is 112 cm³/mol. The Morgan fingerprint density at radius 2 is 1.79 bits per heavy atom. The molecule has 0 aliphatic carbocycles. The monoisotopic (exact) mass is 387 g/mol. The fourth-order valence-electron chi connectivity index (χ4n) is 3.95. The lowest BCUT2D eigenvalue weighted by atomic mass is 10.1. The number of aliphatic hydroxyl groups excluding tert-OH is 1. The second kappa shape index (κ2) is 6.56. The summed E-state index contributed by atoms with van der Waals surface area (Å²) in [6.07, 6.45) is 2.32. The molecule has 0 bridgehead atoms. The maximum atomic E-state index is 10.6. The first-order valence-corrected chi connectivity index (χ1v) is 9.62. The zero-order chi connectivity index (χ0) is 20.1. The van der Waals surface area contributed by atoms with Gasteiger partial charge in [-0.25, -0.2) is 14.5 Å². The van der Waals surface area contributed by atoms with Gasteiger partial charge in [-0.1, -0.05) is 24.3 Å². The first-order valence-electron chi connectivity index (χ1n) is 9.62. The van der Waals surface area contributed by atoms with Gasteiger partial charge in [-0.05, 0) is 48.7 Å². The average Bonchev–Trinajstić information content (AvgIpc) is 3.25. The van der Waals surface area contributed by atoms with Gasteiger partial charge < -0.3 is 14.8 Å². The fourth-order valence-corrected chi connectivity index (χ4v) is 3.95. The van der Waals surface area contributed by atoms with E-state index in [0.29, 0.717) is 30.0 Å². The number of aliphatic hydroxyl groups is 1. The Morgan fingerprint density at radius 3 is 2.55 bits per heavy atom. The summed E-state index contributed by atoms with van der Waals surface area (Å²) in [5, 5.41) is 27.3. The van der Waals surface area contributed by atoms with Gasteiger partial charge in [0.1, 0.15) is 17.7 Å². The van der Waals surface area contributed by atoms with Crippen molar-refractivity contribution in [1.29, 1.82) is 0 Å². The van der Waals surface area contributed by atoms with E-state index in [1.807, 2.05) is 30.3 Å². The highest BCUT2D eigenvalue weighted by Crippen LogP contribution is 2.33. The van der Waals surface area contributed by atoms with E-state index in [1.54, 1.807) is 16.9 Å². The molecule has 0 fully saturated rings. The third-order valence-corrected chi connectivity index (χ3v) is 5.59. The highest BCUT2D eigenvalue weighted by atomic mass is 16.3. The van der Waals surface area contributed by atoms with Gasteiger partial charge in [-0.3, -0.25) is 0 Å². The molecule has 7 heteroatoms. The normalized spacial score (nSPS) is 11.8. The topological polar surface area (TPSA) is 88.5 Å². The molecule has 3 aromatic heterocycles. The van der Waals surface area contributed by atoms with E-state index in [4.69, 9.17) is 4.98 Å². The molecule has 7 nitrogen and oxygen atoms in total. The van der Waals surface area contributed by atoms with Crippen LogP contribution in [-0.4, -0.2) is 41.0 Å². The van der Waals surface area contributed by atoms with E-state index in [9.17, 15) is 10.2 Å². The third-order valence-electron chi connectivity index (χ3n) is 5.59. The van der Waals surface area contributed by atoms with E-state index in [2.05, 4.69) is 28.5 Å². The van der Waals surface area contributed by atoms with Crippen LogP contribution in [0.2, 0.25) is 0 Å². The highest BCUT2D eigenvalue weighted by Gasteiger charge is 2.19. The number of nitrogens with zero attached hydrogens (tertiary/aromatic N) is 5. The molecule has 0 aliphatic rings. The van der Waals surface area contributed by atoms with Crippen LogP contribution in [0.15, 0.2) is 42.7 Å². The highest BCUT2D eigenvalue weighted by molar-refractivity contribution is 5.95. The second-order valence-corrected chi connectivity index (χ2v) is 7.30. The number of aromatic nitrogens is 5. The summed E-state index contributed by atoms with van der Waals surface area (Å²) in [5.41, 5.74) is 4.34. The van der Waals surface area contributed by atoms with Crippen LogP contribution >= 0.6 is 0 Å². The molecule has 29 heavy (non-hydrogen) atoms. The van der Waals surface area contributed by atoms with E-state index in [1.165, 1.54) is 0 Å². The Morgan fingerprint density at radius 1 is 1.03 bits per heavy atom. The van der Waals surface area contributed by atoms with Gasteiger partial charge in [0.2, 0.25) is 0 Å². The van der Waals surface area contributed by atoms with Gasteiger partial charge in [0.15, 0.2) is 11.5 Å². The van der Waals surface area contributed by atoms with Crippen molar-refractivity contribution >= 4 is 27.5 Å². The van der Waals surface area contributed by atoms with Crippen LogP contribution in [0.25, 0.3) is 38.8 Å². The molecule has 0 saturated carbocycles. The summed E-state index contributed by atoms with van der Waals surface area (Å²) in [6.45, 7) is 4.94. The van der Waals surface area contributed by atoms with Crippen molar-refractivity contribution < 1.29 is 10.2 Å². The Hall–Kier alpha value is -3.45. The predicted octanol–water partition coefficient (Wildman–Crippen LogP) is 3.60. The molecule has 0 unspecified atom stereocenters. The van der Waals surface area contributed by atoms with Crippen molar-refractivity contribution in [1.82, 2.24) is 24.1 Å². The summed E-state index contributed by atoms with van der Waals surface area (Å²) in [4.78, 5) is 9.37. The van der Waals surface area contributed by atoms with Crippen molar-refractivity contribution in [3.63, 3.8) is 0 Å². The molecule has 146 valence electrons. The number of fused-ring (bicyclic) bond motifs is 4. The van der Waals surface area contributed by atoms with Gasteiger partial charge in [0, 0.05) is 18.8 Å². The number of hydrogen-bond acceptors (Lipinski definition) is 5. The Labute approximate surface area is 166 Å². The van der Waals surface area contributed by atoms with Gasteiger partial charge in [-0.15, -0.1) is 5.10 Å². The van der Waals surface area contributed by atoms with E-state index < -0.39 is 0 Å². The Balaban J connectivity index is 1.74. The standard InChI is InChI=1S/C22H21N5O2/c1-13-14(2)26(8-5-9-28)21-19(13)22-24-20(25-27(22)12-23-21)17-10-15-6-3-4-7-16(15)11-18(17)29/h3-4,6-7,10-12,28-29H,5,8-9H2,1-2H3. The summed E-state index contributed by atoms with van der Waals surface area (Å²) < 4.78 is 3.78. The number of rotatable bonds is 4. The maximum absolute atomic E-state index is 10.6. The molecule has 3 heterocycles. The minimum atomic E-state index is 0.136. The van der Waals surface area contributed by atoms with Crippen LogP contribution in [0.5, 0.6) is 5.75 Å². The largest absolute Gasteiger partial charge is 0.507 e. The zero-order valence-electron chi connectivity index (χ0n) is 16.3. The van der Waals surface area contributed by atoms with Crippen LogP contribution in [-0.2, 0) is 6.54 Å². The first-order chi connectivity index (χ1) is 14.1. The number of aryl methyl sites for hydroxylation is 2. The van der Waals surface area contributed by atoms with Crippen molar-refractivity contribution in [2.24, 2.45) is 0 Å². The van der Waals surface area contributed by atoms with Crippen molar-refractivity contribution in [3.8, 4) is 17.1 Å². The molecule has 2 N–H and O–H groups in total. The fraction of sp³-hybridized carbons (Fsp3) is 0.227. The van der Waals surface area contributed by atoms with E-state index in [-0.39, 0.29) is 12.4 Å². The van der Waals surface area contributed by atoms with Crippen LogP contribution < -0.4 is 0 Å². The van der Waals surface area contributed by atoms with Crippen molar-refractivity contribution in [2.45, 2.75) is 26.8 Å². The first kappa shape index (κ1) is 17.6. The lowest BCUT2D eigenvalue weighted by molar-refractivity contribution is 0.280. The van der Waals surface area contributed by atoms with Gasteiger partial charge in [-0.2, -0.15) is 0 Å². The quantitative estimate of drug-likeness (QED) is 0.492. The van der Waals surface area contributed by atoms with Crippen LogP contribution in [0, 0.1) is 13.8 Å². The van der Waals surface area contributed by atoms with Gasteiger partial charge in [0.25, 0.3) is 0 Å². The number of aromatic hydroxyl groups is 1. The van der Waals surface area contributed by atoms with Crippen LogP contribution in [0.1, 0.15) is 17.7 Å². The van der Waals surface area contributed by atoms with Crippen LogP contribution in [0.4, 0.5) is 0 Å². The number of hydrogen-bond donors (Lipinski definition) is 2.